The normalized spacial score (nSPS) is 20.5. The van der Waals surface area contributed by atoms with Crippen LogP contribution in [0.4, 0.5) is 5.69 Å². The fourth-order valence-electron chi connectivity index (χ4n) is 3.63. The minimum Gasteiger partial charge on any atom is -0.339 e. The lowest BCUT2D eigenvalue weighted by atomic mass is 9.71. The van der Waals surface area contributed by atoms with Gasteiger partial charge in [-0.25, -0.2) is 0 Å². The largest absolute Gasteiger partial charge is 0.339 e. The van der Waals surface area contributed by atoms with Crippen LogP contribution in [-0.2, 0) is 0 Å². The molecule has 0 aromatic heterocycles. The number of nitrogens with one attached hydrogen (secondary N) is 1. The molecule has 0 bridgehead atoms. The molecule has 2 aliphatic heterocycles. The number of halogens is 1. The summed E-state index contributed by atoms with van der Waals surface area (Å²) in [4.78, 5) is 24.8. The summed E-state index contributed by atoms with van der Waals surface area (Å²) in [5.41, 5.74) is 0.515. The molecule has 3 rings (SSSR count). The van der Waals surface area contributed by atoms with Gasteiger partial charge >= 0.3 is 0 Å². The number of carbonyl (C=O) groups is 1. The highest BCUT2D eigenvalue weighted by molar-refractivity contribution is 6.31. The van der Waals surface area contributed by atoms with Gasteiger partial charge in [-0.3, -0.25) is 14.9 Å². The molecule has 1 amide bonds. The third-order valence-electron chi connectivity index (χ3n) is 5.12. The van der Waals surface area contributed by atoms with E-state index in [1.807, 2.05) is 0 Å². The van der Waals surface area contributed by atoms with E-state index in [4.69, 9.17) is 11.6 Å². The van der Waals surface area contributed by atoms with E-state index in [9.17, 15) is 14.9 Å². The first kappa shape index (κ1) is 16.2. The molecule has 2 heterocycles. The second-order valence-corrected chi connectivity index (χ2v) is 6.93. The summed E-state index contributed by atoms with van der Waals surface area (Å²) in [5.74, 6) is -0.167. The Bertz CT molecular complexity index is 619. The second-order valence-electron chi connectivity index (χ2n) is 6.50. The van der Waals surface area contributed by atoms with Gasteiger partial charge < -0.3 is 10.2 Å². The van der Waals surface area contributed by atoms with Crippen molar-refractivity contribution in [1.29, 1.82) is 0 Å². The van der Waals surface area contributed by atoms with Crippen molar-refractivity contribution in [3.8, 4) is 0 Å². The molecule has 2 fully saturated rings. The number of amides is 1. The quantitative estimate of drug-likeness (QED) is 0.665. The molecule has 1 aromatic carbocycles. The molecule has 1 N–H and O–H groups in total. The van der Waals surface area contributed by atoms with Crippen LogP contribution in [0, 0.1) is 15.5 Å². The van der Waals surface area contributed by atoms with Crippen LogP contribution >= 0.6 is 11.6 Å². The summed E-state index contributed by atoms with van der Waals surface area (Å²) < 4.78 is 0. The van der Waals surface area contributed by atoms with Crippen LogP contribution in [0.5, 0.6) is 0 Å². The van der Waals surface area contributed by atoms with E-state index in [0.29, 0.717) is 24.1 Å². The highest BCUT2D eigenvalue weighted by Gasteiger charge is 2.37. The van der Waals surface area contributed by atoms with E-state index in [2.05, 4.69) is 5.32 Å². The summed E-state index contributed by atoms with van der Waals surface area (Å²) in [7, 11) is 0. The maximum Gasteiger partial charge on any atom is 0.271 e. The third kappa shape index (κ3) is 3.48. The maximum atomic E-state index is 12.6. The van der Waals surface area contributed by atoms with Crippen LogP contribution in [0.3, 0.4) is 0 Å². The van der Waals surface area contributed by atoms with Gasteiger partial charge in [-0.15, -0.1) is 0 Å². The molecular formula is C16H20ClN3O3. The topological polar surface area (TPSA) is 75.5 Å². The number of carbonyl (C=O) groups excluding carboxylic acids is 1. The highest BCUT2D eigenvalue weighted by atomic mass is 35.5. The molecule has 2 saturated heterocycles. The zero-order valence-corrected chi connectivity index (χ0v) is 13.6. The van der Waals surface area contributed by atoms with Crippen molar-refractivity contribution < 1.29 is 9.72 Å². The van der Waals surface area contributed by atoms with Gasteiger partial charge in [-0.2, -0.15) is 0 Å². The fraction of sp³-hybridized carbons (Fsp3) is 0.562. The Morgan fingerprint density at radius 1 is 1.17 bits per heavy atom. The Balaban J connectivity index is 1.71. The van der Waals surface area contributed by atoms with Crippen molar-refractivity contribution in [3.05, 3.63) is 38.9 Å². The average molecular weight is 338 g/mol. The number of benzene rings is 1. The number of nitrogens with zero attached hydrogens (tertiary/aromatic N) is 2. The van der Waals surface area contributed by atoms with Gasteiger partial charge in [-0.1, -0.05) is 11.6 Å². The first-order chi connectivity index (χ1) is 11.0. The van der Waals surface area contributed by atoms with Crippen molar-refractivity contribution in [2.24, 2.45) is 5.41 Å². The van der Waals surface area contributed by atoms with Gasteiger partial charge in [0.15, 0.2) is 0 Å². The van der Waals surface area contributed by atoms with E-state index >= 15 is 0 Å². The lowest BCUT2D eigenvalue weighted by Gasteiger charge is -2.44. The molecule has 2 aliphatic rings. The Morgan fingerprint density at radius 3 is 2.43 bits per heavy atom. The first-order valence-corrected chi connectivity index (χ1v) is 8.32. The van der Waals surface area contributed by atoms with Crippen molar-refractivity contribution in [3.63, 3.8) is 0 Å². The summed E-state index contributed by atoms with van der Waals surface area (Å²) in [6.45, 7) is 3.52. The van der Waals surface area contributed by atoms with Crippen LogP contribution in [0.1, 0.15) is 36.0 Å². The van der Waals surface area contributed by atoms with Crippen LogP contribution in [0.25, 0.3) is 0 Å². The first-order valence-electron chi connectivity index (χ1n) is 7.94. The molecule has 0 saturated carbocycles. The Morgan fingerprint density at radius 2 is 1.83 bits per heavy atom. The number of hydrogen-bond donors (Lipinski definition) is 1. The van der Waals surface area contributed by atoms with Gasteiger partial charge in [0.1, 0.15) is 0 Å². The van der Waals surface area contributed by atoms with E-state index in [1.54, 1.807) is 4.90 Å². The summed E-state index contributed by atoms with van der Waals surface area (Å²) in [5, 5.41) is 14.5. The minimum absolute atomic E-state index is 0.146. The highest BCUT2D eigenvalue weighted by Crippen LogP contribution is 2.39. The number of nitro groups is 1. The zero-order chi connectivity index (χ0) is 16.4. The number of rotatable bonds is 2. The Hall–Kier alpha value is -1.66. The molecular weight excluding hydrogens is 318 g/mol. The minimum atomic E-state index is -0.525. The molecule has 0 atom stereocenters. The molecule has 0 aliphatic carbocycles. The Kier molecular flexibility index (Phi) is 4.55. The van der Waals surface area contributed by atoms with Gasteiger partial charge in [0.25, 0.3) is 11.6 Å². The maximum absolute atomic E-state index is 12.6. The molecule has 7 heteroatoms. The molecule has 124 valence electrons. The van der Waals surface area contributed by atoms with Crippen molar-refractivity contribution in [1.82, 2.24) is 10.2 Å². The van der Waals surface area contributed by atoms with E-state index in [1.165, 1.54) is 18.2 Å². The summed E-state index contributed by atoms with van der Waals surface area (Å²) in [6, 6.07) is 4.08. The fourth-order valence-corrected chi connectivity index (χ4v) is 3.86. The van der Waals surface area contributed by atoms with Gasteiger partial charge in [0, 0.05) is 35.8 Å². The van der Waals surface area contributed by atoms with Crippen molar-refractivity contribution in [2.75, 3.05) is 26.2 Å². The summed E-state index contributed by atoms with van der Waals surface area (Å²) >= 11 is 5.91. The molecule has 1 aromatic rings. The van der Waals surface area contributed by atoms with Crippen molar-refractivity contribution >= 4 is 23.2 Å². The number of non-ortho nitro benzene ring substituents is 1. The second kappa shape index (κ2) is 6.45. The van der Waals surface area contributed by atoms with E-state index in [-0.39, 0.29) is 16.6 Å². The standard InChI is InChI=1S/C16H20ClN3O3/c17-13-9-12(10-14(11-13)20(22)23)15(21)19-7-3-16(4-8-19)1-5-18-6-2-16/h9-11,18H,1-8H2. The Labute approximate surface area is 139 Å². The van der Waals surface area contributed by atoms with Gasteiger partial charge in [0.2, 0.25) is 0 Å². The number of hydrogen-bond acceptors (Lipinski definition) is 4. The predicted octanol–water partition coefficient (Wildman–Crippen LogP) is 2.85. The summed E-state index contributed by atoms with van der Waals surface area (Å²) in [6.07, 6.45) is 4.33. The molecule has 1 spiro atoms. The third-order valence-corrected chi connectivity index (χ3v) is 5.33. The lowest BCUT2D eigenvalue weighted by Crippen LogP contribution is -2.47. The van der Waals surface area contributed by atoms with Crippen molar-refractivity contribution in [2.45, 2.75) is 25.7 Å². The average Bonchev–Trinajstić information content (AvgIpc) is 2.55. The SMILES string of the molecule is O=C(c1cc(Cl)cc([N+](=O)[O-])c1)N1CCC2(CCNCC2)CC1. The van der Waals surface area contributed by atoms with E-state index in [0.717, 1.165) is 38.8 Å². The van der Waals surface area contributed by atoms with E-state index < -0.39 is 4.92 Å². The number of piperidine rings is 2. The predicted molar refractivity (Wildman–Crippen MR) is 87.8 cm³/mol. The van der Waals surface area contributed by atoms with Gasteiger partial charge in [-0.05, 0) is 50.3 Å². The number of likely N-dealkylation sites (tertiary alicyclic amines) is 1. The lowest BCUT2D eigenvalue weighted by molar-refractivity contribution is -0.384. The molecule has 23 heavy (non-hydrogen) atoms. The molecule has 0 radical (unpaired) electrons. The van der Waals surface area contributed by atoms with Gasteiger partial charge in [0.05, 0.1) is 4.92 Å². The van der Waals surface area contributed by atoms with Crippen LogP contribution < -0.4 is 5.32 Å². The van der Waals surface area contributed by atoms with Crippen LogP contribution in [0.15, 0.2) is 18.2 Å². The van der Waals surface area contributed by atoms with Crippen LogP contribution in [0.2, 0.25) is 5.02 Å². The van der Waals surface area contributed by atoms with Crippen LogP contribution in [-0.4, -0.2) is 41.9 Å². The zero-order valence-electron chi connectivity index (χ0n) is 12.9. The smallest absolute Gasteiger partial charge is 0.271 e. The molecule has 6 nitrogen and oxygen atoms in total. The monoisotopic (exact) mass is 337 g/mol. The number of nitro benzene ring substituents is 1. The molecule has 0 unspecified atom stereocenters.